The fourth-order valence-electron chi connectivity index (χ4n) is 1.95. The van der Waals surface area contributed by atoms with Crippen molar-refractivity contribution in [2.75, 3.05) is 0 Å². The number of rotatable bonds is 4. The smallest absolute Gasteiger partial charge is 0.0809 e. The van der Waals surface area contributed by atoms with Crippen LogP contribution in [0.5, 0.6) is 0 Å². The highest BCUT2D eigenvalue weighted by molar-refractivity contribution is 8.10. The van der Waals surface area contributed by atoms with Gasteiger partial charge >= 0.3 is 0 Å². The molecule has 0 aromatic heterocycles. The molecule has 2 aromatic carbocycles. The molecule has 0 saturated carbocycles. The number of hydrogen-bond acceptors (Lipinski definition) is 2. The number of thiol groups is 1. The van der Waals surface area contributed by atoms with Crippen molar-refractivity contribution >= 4 is 24.4 Å². The molecule has 0 N–H and O–H groups in total. The van der Waals surface area contributed by atoms with E-state index in [4.69, 9.17) is 12.6 Å². The molecule has 0 aliphatic heterocycles. The van der Waals surface area contributed by atoms with E-state index >= 15 is 0 Å². The predicted octanol–water partition coefficient (Wildman–Crippen LogP) is 5.28. The van der Waals surface area contributed by atoms with Crippen molar-refractivity contribution in [1.29, 1.82) is 0 Å². The highest BCUT2D eigenvalue weighted by Crippen LogP contribution is 2.47. The molecule has 2 unspecified atom stereocenters. The first-order chi connectivity index (χ1) is 8.59. The molecular weight excluding hydrogens is 256 g/mol. The third-order valence-electron chi connectivity index (χ3n) is 2.98. The van der Waals surface area contributed by atoms with Crippen LogP contribution in [0.4, 0.5) is 0 Å². The van der Waals surface area contributed by atoms with E-state index in [1.165, 1.54) is 11.1 Å². The average molecular weight is 274 g/mol. The molecule has 0 spiro atoms. The van der Waals surface area contributed by atoms with Gasteiger partial charge in [0.25, 0.3) is 0 Å². The van der Waals surface area contributed by atoms with Crippen molar-refractivity contribution in [3.8, 4) is 0 Å². The molecule has 0 fully saturated rings. The zero-order valence-corrected chi connectivity index (χ0v) is 12.4. The second-order valence-electron chi connectivity index (χ2n) is 4.52. The summed E-state index contributed by atoms with van der Waals surface area (Å²) in [5.74, 6) is 0. The Hall–Kier alpha value is -0.860. The predicted molar refractivity (Wildman–Crippen MR) is 85.2 cm³/mol. The van der Waals surface area contributed by atoms with Gasteiger partial charge in [-0.3, -0.25) is 0 Å². The second-order valence-corrected chi connectivity index (χ2v) is 7.48. The molecule has 0 nitrogen and oxygen atoms in total. The van der Waals surface area contributed by atoms with Gasteiger partial charge in [-0.05, 0) is 25.0 Å². The average Bonchev–Trinajstić information content (AvgIpc) is 2.40. The van der Waals surface area contributed by atoms with Crippen molar-refractivity contribution in [2.45, 2.75) is 23.2 Å². The van der Waals surface area contributed by atoms with E-state index in [0.717, 1.165) is 0 Å². The SMILES string of the molecule is CC(SC(C)(S)c1ccccc1)c1ccccc1. The maximum absolute atomic E-state index is 4.83. The molecule has 18 heavy (non-hydrogen) atoms. The van der Waals surface area contributed by atoms with Crippen LogP contribution in [0.3, 0.4) is 0 Å². The van der Waals surface area contributed by atoms with E-state index in [1.54, 1.807) is 0 Å². The van der Waals surface area contributed by atoms with Gasteiger partial charge in [0.2, 0.25) is 0 Å². The van der Waals surface area contributed by atoms with Gasteiger partial charge in [0.15, 0.2) is 0 Å². The molecule has 0 amide bonds. The van der Waals surface area contributed by atoms with Crippen molar-refractivity contribution in [2.24, 2.45) is 0 Å². The molecule has 2 atom stereocenters. The topological polar surface area (TPSA) is 0 Å². The van der Waals surface area contributed by atoms with Crippen LogP contribution in [0.2, 0.25) is 0 Å². The first-order valence-corrected chi connectivity index (χ1v) is 7.43. The van der Waals surface area contributed by atoms with Crippen molar-refractivity contribution in [3.05, 3.63) is 71.8 Å². The molecule has 94 valence electrons. The molecule has 0 aliphatic rings. The summed E-state index contributed by atoms with van der Waals surface area (Å²) in [5, 5.41) is 0.425. The van der Waals surface area contributed by atoms with Gasteiger partial charge in [0.05, 0.1) is 4.08 Å². The van der Waals surface area contributed by atoms with Crippen molar-refractivity contribution in [3.63, 3.8) is 0 Å². The van der Waals surface area contributed by atoms with Crippen LogP contribution in [0.15, 0.2) is 60.7 Å². The Morgan fingerprint density at radius 1 is 0.944 bits per heavy atom. The minimum absolute atomic E-state index is 0.170. The van der Waals surface area contributed by atoms with E-state index < -0.39 is 0 Å². The quantitative estimate of drug-likeness (QED) is 0.584. The summed E-state index contributed by atoms with van der Waals surface area (Å²) in [5.41, 5.74) is 2.60. The van der Waals surface area contributed by atoms with E-state index in [9.17, 15) is 0 Å². The van der Waals surface area contributed by atoms with E-state index in [-0.39, 0.29) is 4.08 Å². The molecule has 2 heteroatoms. The minimum atomic E-state index is -0.170. The van der Waals surface area contributed by atoms with Gasteiger partial charge in [0, 0.05) is 5.25 Å². The first kappa shape index (κ1) is 13.6. The fourth-order valence-corrected chi connectivity index (χ4v) is 3.83. The third-order valence-corrected chi connectivity index (χ3v) is 4.88. The monoisotopic (exact) mass is 274 g/mol. The first-order valence-electron chi connectivity index (χ1n) is 6.10. The Bertz CT molecular complexity index is 477. The maximum atomic E-state index is 4.83. The number of hydrogen-bond donors (Lipinski definition) is 1. The summed E-state index contributed by atoms with van der Waals surface area (Å²) < 4.78 is -0.170. The summed E-state index contributed by atoms with van der Waals surface area (Å²) in [4.78, 5) is 0. The van der Waals surface area contributed by atoms with Gasteiger partial charge in [0.1, 0.15) is 0 Å². The molecule has 2 rings (SSSR count). The Kier molecular flexibility index (Phi) is 4.41. The largest absolute Gasteiger partial charge is 0.157 e. The normalized spacial score (nSPS) is 15.9. The van der Waals surface area contributed by atoms with Gasteiger partial charge in [-0.1, -0.05) is 60.7 Å². The van der Waals surface area contributed by atoms with E-state index in [1.807, 2.05) is 17.8 Å². The van der Waals surface area contributed by atoms with Crippen molar-refractivity contribution < 1.29 is 0 Å². The lowest BCUT2D eigenvalue weighted by atomic mass is 10.1. The summed E-state index contributed by atoms with van der Waals surface area (Å²) >= 11 is 6.70. The molecular formula is C16H18S2. The van der Waals surface area contributed by atoms with E-state index in [0.29, 0.717) is 5.25 Å². The van der Waals surface area contributed by atoms with Crippen LogP contribution in [-0.2, 0) is 4.08 Å². The molecule has 0 saturated heterocycles. The van der Waals surface area contributed by atoms with E-state index in [2.05, 4.69) is 68.4 Å². The second kappa shape index (κ2) is 5.85. The Balaban J connectivity index is 2.14. The van der Waals surface area contributed by atoms with Gasteiger partial charge in [-0.15, -0.1) is 11.8 Å². The molecule has 2 aromatic rings. The molecule has 0 bridgehead atoms. The Labute approximate surface area is 119 Å². The number of benzene rings is 2. The standard InChI is InChI=1S/C16H18S2/c1-13(14-9-5-3-6-10-14)18-16(2,17)15-11-7-4-8-12-15/h3-13,17H,1-2H3. The lowest BCUT2D eigenvalue weighted by molar-refractivity contribution is 0.985. The van der Waals surface area contributed by atoms with Crippen LogP contribution in [0, 0.1) is 0 Å². The summed E-state index contributed by atoms with van der Waals surface area (Å²) in [6.07, 6.45) is 0. The maximum Gasteiger partial charge on any atom is 0.0809 e. The Morgan fingerprint density at radius 2 is 1.44 bits per heavy atom. The molecule has 0 radical (unpaired) electrons. The zero-order valence-electron chi connectivity index (χ0n) is 10.7. The molecule has 0 aliphatic carbocycles. The summed E-state index contributed by atoms with van der Waals surface area (Å²) in [6, 6.07) is 21.0. The van der Waals surface area contributed by atoms with Crippen LogP contribution in [0.1, 0.15) is 30.2 Å². The zero-order chi connectivity index (χ0) is 13.0. The van der Waals surface area contributed by atoms with Crippen LogP contribution in [0.25, 0.3) is 0 Å². The van der Waals surface area contributed by atoms with Gasteiger partial charge in [-0.2, -0.15) is 12.6 Å². The van der Waals surface area contributed by atoms with Gasteiger partial charge in [-0.25, -0.2) is 0 Å². The van der Waals surface area contributed by atoms with Crippen LogP contribution < -0.4 is 0 Å². The summed E-state index contributed by atoms with van der Waals surface area (Å²) in [6.45, 7) is 4.40. The Morgan fingerprint density at radius 3 is 2.00 bits per heavy atom. The fraction of sp³-hybridized carbons (Fsp3) is 0.250. The third kappa shape index (κ3) is 3.33. The van der Waals surface area contributed by atoms with Crippen LogP contribution >= 0.6 is 24.4 Å². The highest BCUT2D eigenvalue weighted by atomic mass is 32.2. The van der Waals surface area contributed by atoms with Gasteiger partial charge < -0.3 is 0 Å². The van der Waals surface area contributed by atoms with Crippen molar-refractivity contribution in [1.82, 2.24) is 0 Å². The molecule has 0 heterocycles. The van der Waals surface area contributed by atoms with Crippen LogP contribution in [-0.4, -0.2) is 0 Å². The highest BCUT2D eigenvalue weighted by Gasteiger charge is 2.25. The number of thioether (sulfide) groups is 1. The lowest BCUT2D eigenvalue weighted by Gasteiger charge is -2.27. The lowest BCUT2D eigenvalue weighted by Crippen LogP contribution is -2.10. The summed E-state index contributed by atoms with van der Waals surface area (Å²) in [7, 11) is 0. The minimum Gasteiger partial charge on any atom is -0.157 e.